The van der Waals surface area contributed by atoms with Gasteiger partial charge in [0, 0.05) is 13.1 Å². The molecule has 2 N–H and O–H groups in total. The minimum absolute atomic E-state index is 0.0340. The highest BCUT2D eigenvalue weighted by Gasteiger charge is 2.47. The summed E-state index contributed by atoms with van der Waals surface area (Å²) < 4.78 is 0. The lowest BCUT2D eigenvalue weighted by Gasteiger charge is -2.06. The van der Waals surface area contributed by atoms with Crippen molar-refractivity contribution in [1.29, 1.82) is 0 Å². The van der Waals surface area contributed by atoms with E-state index < -0.39 is 0 Å². The maximum absolute atomic E-state index is 12.0. The van der Waals surface area contributed by atoms with E-state index in [0.29, 0.717) is 13.0 Å². The van der Waals surface area contributed by atoms with Crippen molar-refractivity contribution in [2.45, 2.75) is 45.4 Å². The molecule has 1 saturated carbocycles. The Hall–Kier alpha value is -1.84. The lowest BCUT2D eigenvalue weighted by molar-refractivity contribution is -0.127. The molecule has 4 nitrogen and oxygen atoms in total. The molecule has 2 unspecified atom stereocenters. The minimum Gasteiger partial charge on any atom is -0.356 e. The molecule has 0 saturated heterocycles. The number of amides is 2. The average molecular weight is 316 g/mol. The van der Waals surface area contributed by atoms with E-state index in [1.165, 1.54) is 5.56 Å². The second kappa shape index (κ2) is 9.33. The third-order valence-corrected chi connectivity index (χ3v) is 4.33. The summed E-state index contributed by atoms with van der Waals surface area (Å²) in [4.78, 5) is 23.9. The Kier molecular flexibility index (Phi) is 7.11. The molecule has 0 heterocycles. The van der Waals surface area contributed by atoms with Gasteiger partial charge in [-0.05, 0) is 31.2 Å². The molecule has 4 heteroatoms. The summed E-state index contributed by atoms with van der Waals surface area (Å²) in [6.07, 6.45) is 5.89. The molecule has 2 rings (SSSR count). The molecule has 1 aliphatic rings. The number of carbonyl (C=O) groups excluding carboxylic acids is 2. The Bertz CT molecular complexity index is 501. The smallest absolute Gasteiger partial charge is 0.223 e. The number of aryl methyl sites for hydroxylation is 1. The highest BCUT2D eigenvalue weighted by molar-refractivity contribution is 5.92. The number of nitrogens with one attached hydrogen (secondary N) is 2. The molecule has 1 aromatic carbocycles. The van der Waals surface area contributed by atoms with E-state index in [9.17, 15) is 9.59 Å². The standard InChI is InChI=1S/C19H28N2O2/c1-2-3-7-12-20-18(22)16-14-17(16)19(23)21-13-8-11-15-9-5-4-6-10-15/h4-6,9-10,16-17H,2-3,7-8,11-14H2,1H3,(H,20,22)(H,21,23). The van der Waals surface area contributed by atoms with Gasteiger partial charge in [-0.25, -0.2) is 0 Å². The molecular formula is C19H28N2O2. The fraction of sp³-hybridized carbons (Fsp3) is 0.579. The normalized spacial score (nSPS) is 19.2. The average Bonchev–Trinajstić information content (AvgIpc) is 3.37. The Labute approximate surface area is 139 Å². The van der Waals surface area contributed by atoms with Gasteiger partial charge >= 0.3 is 0 Å². The summed E-state index contributed by atoms with van der Waals surface area (Å²) in [5, 5.41) is 5.89. The summed E-state index contributed by atoms with van der Waals surface area (Å²) >= 11 is 0. The number of benzene rings is 1. The highest BCUT2D eigenvalue weighted by atomic mass is 16.2. The first-order valence-corrected chi connectivity index (χ1v) is 8.81. The van der Waals surface area contributed by atoms with Crippen LogP contribution in [-0.4, -0.2) is 24.9 Å². The van der Waals surface area contributed by atoms with Crippen molar-refractivity contribution in [2.24, 2.45) is 11.8 Å². The molecule has 0 bridgehead atoms. The summed E-state index contributed by atoms with van der Waals surface area (Å²) in [6, 6.07) is 10.3. The summed E-state index contributed by atoms with van der Waals surface area (Å²) in [5.41, 5.74) is 1.29. The van der Waals surface area contributed by atoms with Gasteiger partial charge in [0.2, 0.25) is 11.8 Å². The Morgan fingerprint density at radius 3 is 2.17 bits per heavy atom. The molecule has 0 aromatic heterocycles. The lowest BCUT2D eigenvalue weighted by Crippen LogP contribution is -2.31. The first-order valence-electron chi connectivity index (χ1n) is 8.81. The van der Waals surface area contributed by atoms with E-state index in [0.717, 1.165) is 38.6 Å². The molecule has 0 spiro atoms. The van der Waals surface area contributed by atoms with Crippen molar-refractivity contribution in [1.82, 2.24) is 10.6 Å². The molecule has 1 aromatic rings. The monoisotopic (exact) mass is 316 g/mol. The number of rotatable bonds is 10. The molecule has 0 radical (unpaired) electrons. The van der Waals surface area contributed by atoms with Crippen LogP contribution in [0.5, 0.6) is 0 Å². The number of unbranched alkanes of at least 4 members (excludes halogenated alkanes) is 2. The van der Waals surface area contributed by atoms with Gasteiger partial charge in [-0.3, -0.25) is 9.59 Å². The Morgan fingerprint density at radius 2 is 1.57 bits per heavy atom. The third-order valence-electron chi connectivity index (χ3n) is 4.33. The first kappa shape index (κ1) is 17.5. The van der Waals surface area contributed by atoms with E-state index >= 15 is 0 Å². The first-order chi connectivity index (χ1) is 11.2. The number of carbonyl (C=O) groups is 2. The van der Waals surface area contributed by atoms with E-state index in [1.54, 1.807) is 0 Å². The summed E-state index contributed by atoms with van der Waals surface area (Å²) in [7, 11) is 0. The SMILES string of the molecule is CCCCCNC(=O)C1CC1C(=O)NCCCc1ccccc1. The molecule has 2 amide bonds. The van der Waals surface area contributed by atoms with Crippen LogP contribution in [0, 0.1) is 11.8 Å². The van der Waals surface area contributed by atoms with E-state index in [1.807, 2.05) is 18.2 Å². The van der Waals surface area contributed by atoms with Crippen LogP contribution in [0.15, 0.2) is 30.3 Å². The molecule has 0 aliphatic heterocycles. The largest absolute Gasteiger partial charge is 0.356 e. The van der Waals surface area contributed by atoms with Crippen LogP contribution < -0.4 is 10.6 Å². The van der Waals surface area contributed by atoms with E-state index in [2.05, 4.69) is 29.7 Å². The second-order valence-corrected chi connectivity index (χ2v) is 6.33. The summed E-state index contributed by atoms with van der Waals surface area (Å²) in [5.74, 6) is -0.138. The third kappa shape index (κ3) is 6.05. The predicted molar refractivity (Wildman–Crippen MR) is 91.9 cm³/mol. The maximum Gasteiger partial charge on any atom is 0.223 e. The molecule has 23 heavy (non-hydrogen) atoms. The van der Waals surface area contributed by atoms with Gasteiger partial charge in [-0.15, -0.1) is 0 Å². The van der Waals surface area contributed by atoms with Crippen molar-refractivity contribution >= 4 is 11.8 Å². The fourth-order valence-electron chi connectivity index (χ4n) is 2.77. The predicted octanol–water partition coefficient (Wildman–Crippen LogP) is 2.68. The van der Waals surface area contributed by atoms with Crippen molar-refractivity contribution < 1.29 is 9.59 Å². The van der Waals surface area contributed by atoms with Crippen LogP contribution in [0.25, 0.3) is 0 Å². The van der Waals surface area contributed by atoms with Crippen molar-refractivity contribution in [2.75, 3.05) is 13.1 Å². The minimum atomic E-state index is -0.113. The van der Waals surface area contributed by atoms with E-state index in [-0.39, 0.29) is 23.7 Å². The van der Waals surface area contributed by atoms with Gasteiger partial charge in [0.15, 0.2) is 0 Å². The van der Waals surface area contributed by atoms with E-state index in [4.69, 9.17) is 0 Å². The molecule has 1 aliphatic carbocycles. The van der Waals surface area contributed by atoms with Crippen LogP contribution >= 0.6 is 0 Å². The Balaban J connectivity index is 1.56. The van der Waals surface area contributed by atoms with Crippen LogP contribution in [0.3, 0.4) is 0 Å². The lowest BCUT2D eigenvalue weighted by atomic mass is 10.1. The second-order valence-electron chi connectivity index (χ2n) is 6.33. The summed E-state index contributed by atoms with van der Waals surface area (Å²) in [6.45, 7) is 3.55. The van der Waals surface area contributed by atoms with Crippen molar-refractivity contribution in [3.63, 3.8) is 0 Å². The quantitative estimate of drug-likeness (QED) is 0.652. The van der Waals surface area contributed by atoms with Crippen molar-refractivity contribution in [3.05, 3.63) is 35.9 Å². The zero-order valence-electron chi connectivity index (χ0n) is 14.0. The van der Waals surface area contributed by atoms with Crippen LogP contribution in [0.2, 0.25) is 0 Å². The van der Waals surface area contributed by atoms with Gasteiger partial charge in [0.25, 0.3) is 0 Å². The number of hydrogen-bond donors (Lipinski definition) is 2. The molecular weight excluding hydrogens is 288 g/mol. The van der Waals surface area contributed by atoms with Gasteiger partial charge in [-0.2, -0.15) is 0 Å². The van der Waals surface area contributed by atoms with Crippen LogP contribution in [0.4, 0.5) is 0 Å². The van der Waals surface area contributed by atoms with Crippen LogP contribution in [0.1, 0.15) is 44.6 Å². The number of hydrogen-bond acceptors (Lipinski definition) is 2. The maximum atomic E-state index is 12.0. The van der Waals surface area contributed by atoms with Gasteiger partial charge in [0.05, 0.1) is 11.8 Å². The Morgan fingerprint density at radius 1 is 0.957 bits per heavy atom. The van der Waals surface area contributed by atoms with Gasteiger partial charge < -0.3 is 10.6 Å². The highest BCUT2D eigenvalue weighted by Crippen LogP contribution is 2.38. The molecule has 1 fully saturated rings. The van der Waals surface area contributed by atoms with Crippen molar-refractivity contribution in [3.8, 4) is 0 Å². The van der Waals surface area contributed by atoms with Gasteiger partial charge in [-0.1, -0.05) is 50.1 Å². The fourth-order valence-corrected chi connectivity index (χ4v) is 2.77. The zero-order valence-corrected chi connectivity index (χ0v) is 14.0. The topological polar surface area (TPSA) is 58.2 Å². The van der Waals surface area contributed by atoms with Crippen LogP contribution in [-0.2, 0) is 16.0 Å². The molecule has 126 valence electrons. The van der Waals surface area contributed by atoms with Gasteiger partial charge in [0.1, 0.15) is 0 Å². The zero-order chi connectivity index (χ0) is 16.5. The molecule has 2 atom stereocenters.